The number of pyridine rings is 1. The number of rotatable bonds is 7. The lowest BCUT2D eigenvalue weighted by Gasteiger charge is -2.29. The Labute approximate surface area is 218 Å². The molecule has 4 rings (SSSR count). The van der Waals surface area contributed by atoms with Crippen LogP contribution in [0.25, 0.3) is 22.2 Å². The number of nitrogen functional groups attached to an aromatic ring is 1. The van der Waals surface area contributed by atoms with E-state index in [2.05, 4.69) is 25.6 Å². The Hall–Kier alpha value is -4.77. The van der Waals surface area contributed by atoms with Crippen molar-refractivity contribution in [3.63, 3.8) is 0 Å². The number of carboxylic acids is 1. The fourth-order valence-corrected chi connectivity index (χ4v) is 3.98. The van der Waals surface area contributed by atoms with Gasteiger partial charge in [-0.1, -0.05) is 32.9 Å². The number of aromatic amines is 1. The predicted octanol–water partition coefficient (Wildman–Crippen LogP) is 3.29. The highest BCUT2D eigenvalue weighted by molar-refractivity contribution is 6.10. The van der Waals surface area contributed by atoms with Crippen molar-refractivity contribution in [1.82, 2.24) is 20.3 Å². The van der Waals surface area contributed by atoms with Gasteiger partial charge in [0.25, 0.3) is 11.8 Å². The van der Waals surface area contributed by atoms with Crippen molar-refractivity contribution in [1.29, 1.82) is 0 Å². The zero-order valence-corrected chi connectivity index (χ0v) is 21.1. The molecule has 11 nitrogen and oxygen atoms in total. The van der Waals surface area contributed by atoms with Crippen LogP contribution >= 0.6 is 0 Å². The third kappa shape index (κ3) is 5.47. The number of carbonyl (C=O) groups is 3. The number of carbonyl (C=O) groups excluding carboxylic acids is 2. The Kier molecular flexibility index (Phi) is 7.13. The maximum Gasteiger partial charge on any atom is 0.336 e. The number of anilines is 2. The number of fused-ring (bicyclic) bond motifs is 1. The average Bonchev–Trinajstić information content (AvgIpc) is 3.25. The molecule has 2 aromatic carbocycles. The molecule has 38 heavy (non-hydrogen) atoms. The first-order valence-electron chi connectivity index (χ1n) is 11.8. The largest absolute Gasteiger partial charge is 0.478 e. The first kappa shape index (κ1) is 26.3. The minimum atomic E-state index is -1.28. The maximum atomic E-state index is 13.2. The molecule has 0 saturated heterocycles. The van der Waals surface area contributed by atoms with Gasteiger partial charge in [-0.2, -0.15) is 0 Å². The van der Waals surface area contributed by atoms with Gasteiger partial charge in [0, 0.05) is 23.0 Å². The van der Waals surface area contributed by atoms with E-state index in [9.17, 15) is 24.6 Å². The second kappa shape index (κ2) is 10.3. The van der Waals surface area contributed by atoms with Crippen LogP contribution in [0.4, 0.5) is 11.6 Å². The van der Waals surface area contributed by atoms with Crippen molar-refractivity contribution in [3.8, 4) is 11.1 Å². The number of nitrogens with two attached hydrogens (primary N) is 1. The summed E-state index contributed by atoms with van der Waals surface area (Å²) in [5, 5.41) is 25.1. The molecule has 0 fully saturated rings. The molecule has 0 aliphatic heterocycles. The number of aliphatic hydroxyl groups excluding tert-OH is 1. The Morgan fingerprint density at radius 3 is 2.50 bits per heavy atom. The number of nitrogens with one attached hydrogen (secondary N) is 3. The van der Waals surface area contributed by atoms with E-state index in [1.807, 2.05) is 20.8 Å². The van der Waals surface area contributed by atoms with E-state index in [0.29, 0.717) is 16.7 Å². The molecular formula is C27H28N6O5. The van der Waals surface area contributed by atoms with Crippen LogP contribution in [-0.4, -0.2) is 55.6 Å². The number of amides is 2. The van der Waals surface area contributed by atoms with Gasteiger partial charge in [-0.25, -0.2) is 9.78 Å². The molecule has 0 aliphatic carbocycles. The summed E-state index contributed by atoms with van der Waals surface area (Å²) in [5.41, 5.74) is 7.46. The average molecular weight is 517 g/mol. The van der Waals surface area contributed by atoms with E-state index in [-0.39, 0.29) is 40.5 Å². The third-order valence-electron chi connectivity index (χ3n) is 6.12. The van der Waals surface area contributed by atoms with Crippen molar-refractivity contribution in [2.45, 2.75) is 26.8 Å². The minimum absolute atomic E-state index is 0.00417. The van der Waals surface area contributed by atoms with E-state index in [1.54, 1.807) is 30.3 Å². The second-order valence-electron chi connectivity index (χ2n) is 9.85. The number of aromatic nitrogens is 3. The van der Waals surface area contributed by atoms with Crippen molar-refractivity contribution >= 4 is 40.5 Å². The van der Waals surface area contributed by atoms with Crippen LogP contribution in [0.2, 0.25) is 0 Å². The van der Waals surface area contributed by atoms with Gasteiger partial charge in [0.2, 0.25) is 0 Å². The molecule has 0 radical (unpaired) electrons. The Morgan fingerprint density at radius 1 is 1.05 bits per heavy atom. The number of imidazole rings is 1. The number of aromatic carboxylic acids is 1. The first-order valence-corrected chi connectivity index (χ1v) is 11.8. The first-order chi connectivity index (χ1) is 18.0. The van der Waals surface area contributed by atoms with Crippen LogP contribution in [0.3, 0.4) is 0 Å². The van der Waals surface area contributed by atoms with E-state index >= 15 is 0 Å². The standard InChI is InChI=1S/C27H28N6O5/c1-27(2,3)21(13-34)33-23(35)14-6-8-16(18(11-14)25(37)38)17-5-4-10-29-22(17)24(36)30-15-7-9-19-20(12-15)32-26(28)31-19/h4-12,21,34H,13H2,1-3H3,(H,30,36)(H,33,35)(H,37,38)(H3,28,31,32)/t21-/m1/s1. The number of aliphatic hydroxyl groups is 1. The van der Waals surface area contributed by atoms with Crippen molar-refractivity contribution in [2.75, 3.05) is 17.7 Å². The van der Waals surface area contributed by atoms with Crippen LogP contribution in [0.1, 0.15) is 52.0 Å². The molecule has 0 unspecified atom stereocenters. The molecule has 2 heterocycles. The molecule has 2 amide bonds. The highest BCUT2D eigenvalue weighted by Gasteiger charge is 2.27. The van der Waals surface area contributed by atoms with Crippen molar-refractivity contribution in [2.24, 2.45) is 5.41 Å². The lowest BCUT2D eigenvalue weighted by molar-refractivity contribution is 0.0697. The second-order valence-corrected chi connectivity index (χ2v) is 9.85. The number of benzene rings is 2. The van der Waals surface area contributed by atoms with Crippen LogP contribution in [0.15, 0.2) is 54.7 Å². The van der Waals surface area contributed by atoms with Gasteiger partial charge in [-0.05, 0) is 47.4 Å². The molecule has 4 aromatic rings. The summed E-state index contributed by atoms with van der Waals surface area (Å²) in [7, 11) is 0. The van der Waals surface area contributed by atoms with E-state index < -0.39 is 29.2 Å². The van der Waals surface area contributed by atoms with Gasteiger partial charge >= 0.3 is 5.97 Å². The molecule has 11 heteroatoms. The summed E-state index contributed by atoms with van der Waals surface area (Å²) in [5.74, 6) is -2.10. The summed E-state index contributed by atoms with van der Waals surface area (Å²) in [4.78, 5) is 49.5. The third-order valence-corrected chi connectivity index (χ3v) is 6.12. The highest BCUT2D eigenvalue weighted by Crippen LogP contribution is 2.29. The molecule has 2 aromatic heterocycles. The van der Waals surface area contributed by atoms with E-state index in [0.717, 1.165) is 0 Å². The maximum absolute atomic E-state index is 13.2. The quantitative estimate of drug-likeness (QED) is 0.216. The van der Waals surface area contributed by atoms with E-state index in [1.165, 1.54) is 24.4 Å². The molecule has 196 valence electrons. The Balaban J connectivity index is 1.66. The molecule has 0 saturated carbocycles. The molecule has 1 atom stereocenters. The summed E-state index contributed by atoms with van der Waals surface area (Å²) >= 11 is 0. The fraction of sp³-hybridized carbons (Fsp3) is 0.222. The molecular weight excluding hydrogens is 488 g/mol. The molecule has 0 spiro atoms. The van der Waals surface area contributed by atoms with Gasteiger partial charge in [-0.15, -0.1) is 0 Å². The number of H-pyrrole nitrogens is 1. The van der Waals surface area contributed by atoms with Gasteiger partial charge in [-0.3, -0.25) is 14.6 Å². The predicted molar refractivity (Wildman–Crippen MR) is 143 cm³/mol. The van der Waals surface area contributed by atoms with Crippen molar-refractivity contribution < 1.29 is 24.6 Å². The lowest BCUT2D eigenvalue weighted by atomic mass is 9.87. The van der Waals surface area contributed by atoms with Gasteiger partial charge in [0.15, 0.2) is 5.95 Å². The zero-order chi connectivity index (χ0) is 27.6. The van der Waals surface area contributed by atoms with E-state index in [4.69, 9.17) is 5.73 Å². The fourth-order valence-electron chi connectivity index (χ4n) is 3.98. The van der Waals surface area contributed by atoms with Crippen LogP contribution < -0.4 is 16.4 Å². The molecule has 0 aliphatic rings. The van der Waals surface area contributed by atoms with Crippen molar-refractivity contribution in [3.05, 3.63) is 71.5 Å². The van der Waals surface area contributed by atoms with Gasteiger partial charge in [0.05, 0.1) is 29.2 Å². The summed E-state index contributed by atoms with van der Waals surface area (Å²) in [6.07, 6.45) is 1.43. The lowest BCUT2D eigenvalue weighted by Crippen LogP contribution is -2.46. The van der Waals surface area contributed by atoms with Gasteiger partial charge in [0.1, 0.15) is 5.69 Å². The van der Waals surface area contributed by atoms with Crippen LogP contribution in [-0.2, 0) is 0 Å². The Morgan fingerprint density at radius 2 is 1.82 bits per heavy atom. The summed E-state index contributed by atoms with van der Waals surface area (Å²) < 4.78 is 0. The Bertz CT molecular complexity index is 1540. The number of nitrogens with zero attached hydrogens (tertiary/aromatic N) is 2. The van der Waals surface area contributed by atoms with Crippen LogP contribution in [0, 0.1) is 5.41 Å². The monoisotopic (exact) mass is 516 g/mol. The molecule has 7 N–H and O–H groups in total. The smallest absolute Gasteiger partial charge is 0.336 e. The van der Waals surface area contributed by atoms with Crippen LogP contribution in [0.5, 0.6) is 0 Å². The highest BCUT2D eigenvalue weighted by atomic mass is 16.4. The number of hydrogen-bond acceptors (Lipinski definition) is 7. The number of hydrogen-bond donors (Lipinski definition) is 6. The van der Waals surface area contributed by atoms with Gasteiger partial charge < -0.3 is 31.6 Å². The summed E-state index contributed by atoms with van der Waals surface area (Å²) in [6.45, 7) is 5.35. The SMILES string of the molecule is CC(C)(C)[C@@H](CO)NC(=O)c1ccc(-c2cccnc2C(=O)Nc2ccc3nc(N)[nH]c3c2)c(C(=O)O)c1. The normalized spacial score (nSPS) is 12.2. The topological polar surface area (TPSA) is 183 Å². The minimum Gasteiger partial charge on any atom is -0.478 e. The number of carboxylic acid groups (broad SMARTS) is 1. The summed E-state index contributed by atoms with van der Waals surface area (Å²) in [6, 6.07) is 11.9. The zero-order valence-electron chi connectivity index (χ0n) is 21.1. The molecule has 0 bridgehead atoms.